The van der Waals surface area contributed by atoms with Gasteiger partial charge in [0.25, 0.3) is 0 Å². The molecule has 2 aromatic rings. The number of hydrogen-bond donors (Lipinski definition) is 1. The van der Waals surface area contributed by atoms with Crippen LogP contribution >= 0.6 is 0 Å². The quantitative estimate of drug-likeness (QED) is 0.919. The van der Waals surface area contributed by atoms with E-state index in [2.05, 4.69) is 71.3 Å². The third-order valence-electron chi connectivity index (χ3n) is 4.70. The monoisotopic (exact) mass is 310 g/mol. The van der Waals surface area contributed by atoms with Crippen LogP contribution in [-0.4, -0.2) is 42.7 Å². The molecule has 0 saturated carbocycles. The number of aryl methyl sites for hydroxylation is 1. The zero-order valence-corrected chi connectivity index (χ0v) is 13.9. The number of β-amino-alcohol motifs (C(OH)–C–C–N with tert-alkyl or cyclic N) is 1. The Kier molecular flexibility index (Phi) is 5.31. The van der Waals surface area contributed by atoms with Crippen molar-refractivity contribution in [1.29, 1.82) is 0 Å². The third kappa shape index (κ3) is 4.12. The summed E-state index contributed by atoms with van der Waals surface area (Å²) in [6.45, 7) is 6.90. The minimum atomic E-state index is -0.399. The van der Waals surface area contributed by atoms with Gasteiger partial charge in [0.2, 0.25) is 0 Å². The fourth-order valence-electron chi connectivity index (χ4n) is 3.15. The minimum Gasteiger partial charge on any atom is -0.387 e. The Bertz CT molecular complexity index is 589. The zero-order chi connectivity index (χ0) is 16.1. The van der Waals surface area contributed by atoms with E-state index in [0.717, 1.165) is 38.2 Å². The lowest BCUT2D eigenvalue weighted by molar-refractivity contribution is 0.109. The third-order valence-corrected chi connectivity index (χ3v) is 4.70. The van der Waals surface area contributed by atoms with Gasteiger partial charge in [0.15, 0.2) is 0 Å². The topological polar surface area (TPSA) is 26.7 Å². The van der Waals surface area contributed by atoms with Gasteiger partial charge in [-0.15, -0.1) is 0 Å². The molecule has 0 aromatic heterocycles. The Morgan fingerprint density at radius 1 is 0.913 bits per heavy atom. The highest BCUT2D eigenvalue weighted by Gasteiger charge is 2.20. The van der Waals surface area contributed by atoms with E-state index in [-0.39, 0.29) is 0 Å². The Balaban J connectivity index is 1.51. The summed E-state index contributed by atoms with van der Waals surface area (Å²) in [4.78, 5) is 4.77. The number of hydrogen-bond acceptors (Lipinski definition) is 3. The molecule has 1 heterocycles. The van der Waals surface area contributed by atoms with Crippen molar-refractivity contribution in [2.24, 2.45) is 0 Å². The number of piperazine rings is 1. The molecule has 1 fully saturated rings. The molecule has 3 heteroatoms. The molecule has 0 unspecified atom stereocenters. The molecule has 1 N–H and O–H groups in total. The second-order valence-corrected chi connectivity index (χ2v) is 6.23. The van der Waals surface area contributed by atoms with Gasteiger partial charge in [-0.1, -0.05) is 49.4 Å². The summed E-state index contributed by atoms with van der Waals surface area (Å²) in [5.74, 6) is 0. The maximum absolute atomic E-state index is 10.5. The zero-order valence-electron chi connectivity index (χ0n) is 13.9. The number of rotatable bonds is 5. The van der Waals surface area contributed by atoms with Crippen molar-refractivity contribution < 1.29 is 5.11 Å². The fourth-order valence-corrected chi connectivity index (χ4v) is 3.15. The van der Waals surface area contributed by atoms with Crippen LogP contribution in [0.4, 0.5) is 5.69 Å². The van der Waals surface area contributed by atoms with Gasteiger partial charge in [0.1, 0.15) is 0 Å². The first-order valence-electron chi connectivity index (χ1n) is 8.55. The number of nitrogens with zero attached hydrogens (tertiary/aromatic N) is 2. The normalized spacial score (nSPS) is 17.2. The van der Waals surface area contributed by atoms with Gasteiger partial charge in [-0.05, 0) is 29.7 Å². The van der Waals surface area contributed by atoms with Crippen molar-refractivity contribution in [3.8, 4) is 0 Å². The first-order valence-corrected chi connectivity index (χ1v) is 8.55. The van der Waals surface area contributed by atoms with E-state index in [1.54, 1.807) is 0 Å². The second-order valence-electron chi connectivity index (χ2n) is 6.23. The average molecular weight is 310 g/mol. The van der Waals surface area contributed by atoms with Crippen LogP contribution in [0.5, 0.6) is 0 Å². The molecule has 122 valence electrons. The maximum atomic E-state index is 10.5. The first kappa shape index (κ1) is 16.0. The number of aliphatic hydroxyl groups is 1. The van der Waals surface area contributed by atoms with E-state index in [1.807, 2.05) is 0 Å². The lowest BCUT2D eigenvalue weighted by atomic mass is 10.1. The lowest BCUT2D eigenvalue weighted by Gasteiger charge is -2.37. The number of benzene rings is 2. The smallest absolute Gasteiger partial charge is 0.0916 e. The maximum Gasteiger partial charge on any atom is 0.0916 e. The molecule has 3 nitrogen and oxygen atoms in total. The second kappa shape index (κ2) is 7.62. The number of aliphatic hydroxyl groups excluding tert-OH is 1. The van der Waals surface area contributed by atoms with E-state index >= 15 is 0 Å². The molecule has 0 spiro atoms. The summed E-state index contributed by atoms with van der Waals surface area (Å²) in [6, 6.07) is 18.9. The van der Waals surface area contributed by atoms with E-state index in [4.69, 9.17) is 0 Å². The number of anilines is 1. The van der Waals surface area contributed by atoms with Crippen LogP contribution in [0.3, 0.4) is 0 Å². The van der Waals surface area contributed by atoms with Gasteiger partial charge in [-0.3, -0.25) is 4.90 Å². The molecule has 0 radical (unpaired) electrons. The summed E-state index contributed by atoms with van der Waals surface area (Å²) in [6.07, 6.45) is 0.641. The van der Waals surface area contributed by atoms with Crippen molar-refractivity contribution in [3.63, 3.8) is 0 Å². The Hall–Kier alpha value is -1.84. The van der Waals surface area contributed by atoms with Gasteiger partial charge in [0.05, 0.1) is 6.10 Å². The molecule has 23 heavy (non-hydrogen) atoms. The summed E-state index contributed by atoms with van der Waals surface area (Å²) in [5.41, 5.74) is 3.63. The molecular weight excluding hydrogens is 284 g/mol. The molecule has 0 aliphatic carbocycles. The predicted octanol–water partition coefficient (Wildman–Crippen LogP) is 3.10. The van der Waals surface area contributed by atoms with Gasteiger partial charge in [-0.2, -0.15) is 0 Å². The van der Waals surface area contributed by atoms with E-state index in [9.17, 15) is 5.11 Å². The van der Waals surface area contributed by atoms with Crippen LogP contribution in [0.25, 0.3) is 0 Å². The van der Waals surface area contributed by atoms with Crippen molar-refractivity contribution in [3.05, 3.63) is 65.7 Å². The summed E-state index contributed by atoms with van der Waals surface area (Å²) in [7, 11) is 0. The van der Waals surface area contributed by atoms with E-state index in [0.29, 0.717) is 6.54 Å². The molecule has 1 aliphatic rings. The van der Waals surface area contributed by atoms with Crippen molar-refractivity contribution in [2.45, 2.75) is 19.4 Å². The fraction of sp³-hybridized carbons (Fsp3) is 0.400. The SMILES string of the molecule is CCc1ccc([C@H](O)CN2CCN(c3ccccc3)CC2)cc1. The molecule has 1 aliphatic heterocycles. The van der Waals surface area contributed by atoms with Gasteiger partial charge in [-0.25, -0.2) is 0 Å². The minimum absolute atomic E-state index is 0.399. The Morgan fingerprint density at radius 3 is 2.17 bits per heavy atom. The highest BCUT2D eigenvalue weighted by molar-refractivity contribution is 5.46. The lowest BCUT2D eigenvalue weighted by Crippen LogP contribution is -2.47. The Morgan fingerprint density at radius 2 is 1.57 bits per heavy atom. The first-order chi connectivity index (χ1) is 11.3. The van der Waals surface area contributed by atoms with Crippen molar-refractivity contribution >= 4 is 5.69 Å². The van der Waals surface area contributed by atoms with Gasteiger partial charge >= 0.3 is 0 Å². The van der Waals surface area contributed by atoms with Crippen LogP contribution in [-0.2, 0) is 6.42 Å². The van der Waals surface area contributed by atoms with Crippen LogP contribution < -0.4 is 4.90 Å². The van der Waals surface area contributed by atoms with Crippen molar-refractivity contribution in [2.75, 3.05) is 37.6 Å². The van der Waals surface area contributed by atoms with Crippen LogP contribution in [0.1, 0.15) is 24.2 Å². The summed E-state index contributed by atoms with van der Waals surface area (Å²) >= 11 is 0. The standard InChI is InChI=1S/C20H26N2O/c1-2-17-8-10-18(11-9-17)20(23)16-21-12-14-22(15-13-21)19-6-4-3-5-7-19/h3-11,20,23H,2,12-16H2,1H3/t20-/m1/s1. The molecule has 2 aromatic carbocycles. The average Bonchev–Trinajstić information content (AvgIpc) is 2.63. The molecule has 1 atom stereocenters. The summed E-state index contributed by atoms with van der Waals surface area (Å²) < 4.78 is 0. The van der Waals surface area contributed by atoms with E-state index < -0.39 is 6.10 Å². The largest absolute Gasteiger partial charge is 0.387 e. The molecule has 0 amide bonds. The molecular formula is C20H26N2O. The number of para-hydroxylation sites is 1. The van der Waals surface area contributed by atoms with Crippen LogP contribution in [0.15, 0.2) is 54.6 Å². The van der Waals surface area contributed by atoms with Gasteiger partial charge in [0, 0.05) is 38.4 Å². The molecule has 0 bridgehead atoms. The highest BCUT2D eigenvalue weighted by Crippen LogP contribution is 2.19. The Labute approximate surface area is 139 Å². The highest BCUT2D eigenvalue weighted by atomic mass is 16.3. The van der Waals surface area contributed by atoms with Crippen LogP contribution in [0, 0.1) is 0 Å². The van der Waals surface area contributed by atoms with Crippen molar-refractivity contribution in [1.82, 2.24) is 4.90 Å². The summed E-state index contributed by atoms with van der Waals surface area (Å²) in [5, 5.41) is 10.5. The molecule has 3 rings (SSSR count). The van der Waals surface area contributed by atoms with E-state index in [1.165, 1.54) is 11.3 Å². The van der Waals surface area contributed by atoms with Gasteiger partial charge < -0.3 is 10.0 Å². The predicted molar refractivity (Wildman–Crippen MR) is 95.9 cm³/mol. The van der Waals surface area contributed by atoms with Crippen LogP contribution in [0.2, 0.25) is 0 Å². The molecule has 1 saturated heterocycles.